The van der Waals surface area contributed by atoms with Crippen LogP contribution in [0.2, 0.25) is 5.02 Å². The van der Waals surface area contributed by atoms with E-state index in [2.05, 4.69) is 0 Å². The van der Waals surface area contributed by atoms with Crippen molar-refractivity contribution in [1.29, 1.82) is 0 Å². The Hall–Kier alpha value is -3.31. The number of rotatable bonds is 6. The lowest BCUT2D eigenvalue weighted by molar-refractivity contribution is -0.129. The van der Waals surface area contributed by atoms with Crippen LogP contribution in [-0.4, -0.2) is 27.6 Å². The van der Waals surface area contributed by atoms with Gasteiger partial charge in [0.2, 0.25) is 5.91 Å². The van der Waals surface area contributed by atoms with Gasteiger partial charge in [0.25, 0.3) is 0 Å². The van der Waals surface area contributed by atoms with Crippen molar-refractivity contribution >= 4 is 17.5 Å². The molecule has 152 valence electrons. The Kier molecular flexibility index (Phi) is 5.72. The molecule has 0 fully saturated rings. The van der Waals surface area contributed by atoms with Gasteiger partial charge >= 0.3 is 0 Å². The van der Waals surface area contributed by atoms with E-state index >= 15 is 0 Å². The minimum absolute atomic E-state index is 0.00752. The highest BCUT2D eigenvalue weighted by Crippen LogP contribution is 2.26. The number of para-hydroxylation sites is 1. The smallest absolute Gasteiger partial charge is 0.227 e. The topological polar surface area (TPSA) is 51.3 Å². The lowest BCUT2D eigenvalue weighted by atomic mass is 10.1. The van der Waals surface area contributed by atoms with Crippen molar-refractivity contribution in [3.63, 3.8) is 0 Å². The highest BCUT2D eigenvalue weighted by Gasteiger charge is 2.18. The van der Waals surface area contributed by atoms with Gasteiger partial charge in [0.1, 0.15) is 11.5 Å². The molecule has 1 amide bonds. The summed E-state index contributed by atoms with van der Waals surface area (Å²) in [5, 5.41) is 5.42. The summed E-state index contributed by atoms with van der Waals surface area (Å²) in [6.45, 7) is 2.32. The normalized spacial score (nSPS) is 10.9. The molecule has 0 unspecified atom stereocenters. The van der Waals surface area contributed by atoms with E-state index in [1.165, 1.54) is 0 Å². The Morgan fingerprint density at radius 2 is 1.80 bits per heavy atom. The third-order valence-corrected chi connectivity index (χ3v) is 5.14. The molecule has 0 bridgehead atoms. The first-order valence-corrected chi connectivity index (χ1v) is 10.1. The van der Waals surface area contributed by atoms with Gasteiger partial charge in [-0.25, -0.2) is 4.68 Å². The number of hydrogen-bond donors (Lipinski definition) is 0. The van der Waals surface area contributed by atoms with Crippen LogP contribution in [0.15, 0.2) is 77.3 Å². The summed E-state index contributed by atoms with van der Waals surface area (Å²) < 4.78 is 7.41. The molecule has 0 aliphatic heterocycles. The standard InChI is InChI=1S/C24H22ClN3O2/c1-17-8-13-22(30-17)16-27(2)23(29)14-19-15-28(21-6-4-3-5-7-21)26-24(19)18-9-11-20(25)12-10-18/h3-13,15H,14,16H2,1-2H3. The van der Waals surface area contributed by atoms with Gasteiger partial charge in [0.05, 0.1) is 24.3 Å². The second-order valence-electron chi connectivity index (χ2n) is 7.23. The zero-order valence-electron chi connectivity index (χ0n) is 16.9. The van der Waals surface area contributed by atoms with Crippen LogP contribution < -0.4 is 0 Å². The quantitative estimate of drug-likeness (QED) is 0.426. The maximum atomic E-state index is 12.9. The van der Waals surface area contributed by atoms with E-state index in [1.807, 2.05) is 84.5 Å². The van der Waals surface area contributed by atoms with E-state index in [0.29, 0.717) is 11.6 Å². The Balaban J connectivity index is 1.62. The predicted molar refractivity (Wildman–Crippen MR) is 118 cm³/mol. The summed E-state index contributed by atoms with van der Waals surface area (Å²) in [7, 11) is 1.78. The number of amides is 1. The summed E-state index contributed by atoms with van der Waals surface area (Å²) in [6, 6.07) is 21.1. The zero-order valence-corrected chi connectivity index (χ0v) is 17.6. The molecule has 2 aromatic carbocycles. The largest absolute Gasteiger partial charge is 0.464 e. The van der Waals surface area contributed by atoms with Crippen molar-refractivity contribution < 1.29 is 9.21 Å². The molecule has 0 aliphatic rings. The summed E-state index contributed by atoms with van der Waals surface area (Å²) in [6.07, 6.45) is 2.16. The Bertz CT molecular complexity index is 1150. The number of halogens is 1. The molecule has 0 N–H and O–H groups in total. The molecule has 4 rings (SSSR count). The highest BCUT2D eigenvalue weighted by atomic mass is 35.5. The number of furan rings is 1. The van der Waals surface area contributed by atoms with Crippen molar-refractivity contribution in [2.24, 2.45) is 0 Å². The summed E-state index contributed by atoms with van der Waals surface area (Å²) in [5.41, 5.74) is 3.48. The maximum Gasteiger partial charge on any atom is 0.227 e. The van der Waals surface area contributed by atoms with Crippen LogP contribution in [0.3, 0.4) is 0 Å². The molecule has 0 aliphatic carbocycles. The highest BCUT2D eigenvalue weighted by molar-refractivity contribution is 6.30. The first-order valence-electron chi connectivity index (χ1n) is 9.69. The SMILES string of the molecule is Cc1ccc(CN(C)C(=O)Cc2cn(-c3ccccc3)nc2-c2ccc(Cl)cc2)o1. The van der Waals surface area contributed by atoms with Crippen molar-refractivity contribution in [2.45, 2.75) is 19.9 Å². The number of aromatic nitrogens is 2. The third-order valence-electron chi connectivity index (χ3n) is 4.88. The van der Waals surface area contributed by atoms with Crippen LogP contribution in [0.5, 0.6) is 0 Å². The second-order valence-corrected chi connectivity index (χ2v) is 7.67. The molecule has 0 radical (unpaired) electrons. The van der Waals surface area contributed by atoms with Gasteiger partial charge in [0, 0.05) is 29.4 Å². The van der Waals surface area contributed by atoms with Crippen LogP contribution >= 0.6 is 11.6 Å². The molecule has 2 aromatic heterocycles. The summed E-state index contributed by atoms with van der Waals surface area (Å²) in [4.78, 5) is 14.6. The molecule has 0 spiro atoms. The number of carbonyl (C=O) groups is 1. The molecular weight excluding hydrogens is 398 g/mol. The fourth-order valence-electron chi connectivity index (χ4n) is 3.29. The summed E-state index contributed by atoms with van der Waals surface area (Å²) in [5.74, 6) is 1.59. The lowest BCUT2D eigenvalue weighted by Crippen LogP contribution is -2.27. The first-order chi connectivity index (χ1) is 14.5. The van der Waals surface area contributed by atoms with Gasteiger partial charge in [0.15, 0.2) is 0 Å². The average Bonchev–Trinajstić information content (AvgIpc) is 3.35. The predicted octanol–water partition coefficient (Wildman–Crippen LogP) is 5.30. The maximum absolute atomic E-state index is 12.9. The van der Waals surface area contributed by atoms with E-state index in [1.54, 1.807) is 11.9 Å². The number of aryl methyl sites for hydroxylation is 1. The van der Waals surface area contributed by atoms with Crippen LogP contribution in [0.1, 0.15) is 17.1 Å². The molecular formula is C24H22ClN3O2. The fraction of sp³-hybridized carbons (Fsp3) is 0.167. The minimum Gasteiger partial charge on any atom is -0.464 e. The fourth-order valence-corrected chi connectivity index (χ4v) is 3.42. The number of carbonyl (C=O) groups excluding carboxylic acids is 1. The Morgan fingerprint density at radius 3 is 2.47 bits per heavy atom. The van der Waals surface area contributed by atoms with Crippen molar-refractivity contribution in [3.8, 4) is 16.9 Å². The third kappa shape index (κ3) is 4.47. The zero-order chi connectivity index (χ0) is 21.1. The molecule has 0 saturated heterocycles. The van der Waals surface area contributed by atoms with E-state index in [-0.39, 0.29) is 12.3 Å². The molecule has 0 atom stereocenters. The Morgan fingerprint density at radius 1 is 1.07 bits per heavy atom. The number of hydrogen-bond acceptors (Lipinski definition) is 3. The van der Waals surface area contributed by atoms with E-state index in [9.17, 15) is 4.79 Å². The summed E-state index contributed by atoms with van der Waals surface area (Å²) >= 11 is 6.05. The van der Waals surface area contributed by atoms with Crippen molar-refractivity contribution in [2.75, 3.05) is 7.05 Å². The molecule has 2 heterocycles. The average molecular weight is 420 g/mol. The van der Waals surface area contributed by atoms with E-state index in [0.717, 1.165) is 34.0 Å². The number of benzene rings is 2. The van der Waals surface area contributed by atoms with E-state index in [4.69, 9.17) is 21.1 Å². The molecule has 4 aromatic rings. The van der Waals surface area contributed by atoms with Crippen LogP contribution in [0.25, 0.3) is 16.9 Å². The van der Waals surface area contributed by atoms with Gasteiger partial charge in [-0.2, -0.15) is 5.10 Å². The van der Waals surface area contributed by atoms with Crippen LogP contribution in [0, 0.1) is 6.92 Å². The van der Waals surface area contributed by atoms with Crippen LogP contribution in [-0.2, 0) is 17.8 Å². The molecule has 0 saturated carbocycles. The van der Waals surface area contributed by atoms with Gasteiger partial charge in [-0.1, -0.05) is 41.9 Å². The Labute approximate surface area is 180 Å². The van der Waals surface area contributed by atoms with Gasteiger partial charge in [-0.05, 0) is 43.3 Å². The molecule has 5 nitrogen and oxygen atoms in total. The first kappa shape index (κ1) is 20.0. The second kappa shape index (κ2) is 8.59. The van der Waals surface area contributed by atoms with Crippen LogP contribution in [0.4, 0.5) is 0 Å². The van der Waals surface area contributed by atoms with Gasteiger partial charge in [-0.3, -0.25) is 4.79 Å². The monoisotopic (exact) mass is 419 g/mol. The van der Waals surface area contributed by atoms with Gasteiger partial charge < -0.3 is 9.32 Å². The minimum atomic E-state index is -0.00752. The van der Waals surface area contributed by atoms with Gasteiger partial charge in [-0.15, -0.1) is 0 Å². The molecule has 6 heteroatoms. The lowest BCUT2D eigenvalue weighted by Gasteiger charge is -2.15. The van der Waals surface area contributed by atoms with E-state index < -0.39 is 0 Å². The molecule has 30 heavy (non-hydrogen) atoms. The number of nitrogens with zero attached hydrogens (tertiary/aromatic N) is 3. The van der Waals surface area contributed by atoms with Crippen molar-refractivity contribution in [1.82, 2.24) is 14.7 Å². The number of likely N-dealkylation sites (N-methyl/N-ethyl adjacent to an activating group) is 1. The van der Waals surface area contributed by atoms with Crippen molar-refractivity contribution in [3.05, 3.63) is 95.0 Å².